The van der Waals surface area contributed by atoms with Gasteiger partial charge in [-0.25, -0.2) is 0 Å². The molecule has 0 spiro atoms. The largest absolute Gasteiger partial charge is 0.355 e. The van der Waals surface area contributed by atoms with Crippen LogP contribution in [0, 0.1) is 5.92 Å². The lowest BCUT2D eigenvalue weighted by molar-refractivity contribution is -0.132. The van der Waals surface area contributed by atoms with E-state index in [9.17, 15) is 9.59 Å². The molecule has 2 N–H and O–H groups in total. The fourth-order valence-corrected chi connectivity index (χ4v) is 3.07. The summed E-state index contributed by atoms with van der Waals surface area (Å²) in [6.45, 7) is 6.57. The van der Waals surface area contributed by atoms with Crippen LogP contribution >= 0.6 is 0 Å². The Labute approximate surface area is 138 Å². The van der Waals surface area contributed by atoms with E-state index in [0.29, 0.717) is 23.9 Å². The van der Waals surface area contributed by atoms with Gasteiger partial charge in [-0.1, -0.05) is 26.0 Å². The number of benzene rings is 1. The van der Waals surface area contributed by atoms with Crippen LogP contribution in [0.2, 0.25) is 0 Å². The quantitative estimate of drug-likeness (QED) is 0.870. The van der Waals surface area contributed by atoms with Crippen LogP contribution in [0.1, 0.15) is 42.6 Å². The standard InChI is InChI=1S/C18H27N3O2/c1-4-17(22)21-10-9-16(13(2)12-21)20-11-14-5-7-15(8-6-14)18(23)19-3/h5-8,13,16,20H,4,9-12H2,1-3H3,(H,19,23). The van der Waals surface area contributed by atoms with Crippen molar-refractivity contribution in [1.82, 2.24) is 15.5 Å². The Kier molecular flexibility index (Phi) is 6.16. The molecule has 2 amide bonds. The molecule has 5 heteroatoms. The second-order valence-corrected chi connectivity index (χ2v) is 6.22. The number of hydrogen-bond acceptors (Lipinski definition) is 3. The van der Waals surface area contributed by atoms with Gasteiger partial charge in [-0.3, -0.25) is 9.59 Å². The number of hydrogen-bond donors (Lipinski definition) is 2. The molecular formula is C18H27N3O2. The molecule has 0 bridgehead atoms. The van der Waals surface area contributed by atoms with Crippen molar-refractivity contribution in [3.8, 4) is 0 Å². The number of nitrogens with zero attached hydrogens (tertiary/aromatic N) is 1. The SMILES string of the molecule is CCC(=O)N1CCC(NCc2ccc(C(=O)NC)cc2)C(C)C1. The molecule has 5 nitrogen and oxygen atoms in total. The third-order valence-electron chi connectivity index (χ3n) is 4.57. The van der Waals surface area contributed by atoms with E-state index in [1.165, 1.54) is 0 Å². The minimum Gasteiger partial charge on any atom is -0.355 e. The van der Waals surface area contributed by atoms with Crippen molar-refractivity contribution in [1.29, 1.82) is 0 Å². The number of likely N-dealkylation sites (tertiary alicyclic amines) is 1. The summed E-state index contributed by atoms with van der Waals surface area (Å²) in [6.07, 6.45) is 1.58. The van der Waals surface area contributed by atoms with Crippen molar-refractivity contribution >= 4 is 11.8 Å². The molecule has 1 aromatic rings. The van der Waals surface area contributed by atoms with Gasteiger partial charge < -0.3 is 15.5 Å². The molecule has 0 radical (unpaired) electrons. The zero-order valence-corrected chi connectivity index (χ0v) is 14.3. The number of carbonyl (C=O) groups is 2. The number of carbonyl (C=O) groups excluding carboxylic acids is 2. The van der Waals surface area contributed by atoms with Gasteiger partial charge in [0.25, 0.3) is 5.91 Å². The van der Waals surface area contributed by atoms with Crippen LogP contribution in [-0.2, 0) is 11.3 Å². The Bertz CT molecular complexity index is 542. The highest BCUT2D eigenvalue weighted by Gasteiger charge is 2.27. The van der Waals surface area contributed by atoms with Crippen LogP contribution in [0.5, 0.6) is 0 Å². The summed E-state index contributed by atoms with van der Waals surface area (Å²) in [5, 5.41) is 6.21. The molecule has 0 saturated carbocycles. The Balaban J connectivity index is 1.84. The topological polar surface area (TPSA) is 61.4 Å². The van der Waals surface area contributed by atoms with E-state index < -0.39 is 0 Å². The lowest BCUT2D eigenvalue weighted by atomic mass is 9.93. The number of nitrogens with one attached hydrogen (secondary N) is 2. The molecule has 1 aromatic carbocycles. The maximum atomic E-state index is 11.8. The molecule has 1 aliphatic heterocycles. The van der Waals surface area contributed by atoms with Crippen molar-refractivity contribution in [2.45, 2.75) is 39.3 Å². The Morgan fingerprint density at radius 1 is 1.26 bits per heavy atom. The molecule has 2 atom stereocenters. The fraction of sp³-hybridized carbons (Fsp3) is 0.556. The lowest BCUT2D eigenvalue weighted by Crippen LogP contribution is -2.49. The first-order chi connectivity index (χ1) is 11.0. The van der Waals surface area contributed by atoms with Crippen LogP contribution in [0.4, 0.5) is 0 Å². The zero-order chi connectivity index (χ0) is 16.8. The van der Waals surface area contributed by atoms with Gasteiger partial charge in [-0.2, -0.15) is 0 Å². The highest BCUT2D eigenvalue weighted by Crippen LogP contribution is 2.18. The summed E-state index contributed by atoms with van der Waals surface area (Å²) >= 11 is 0. The predicted molar refractivity (Wildman–Crippen MR) is 91.1 cm³/mol. The summed E-state index contributed by atoms with van der Waals surface area (Å²) in [7, 11) is 1.63. The van der Waals surface area contributed by atoms with E-state index in [0.717, 1.165) is 31.6 Å². The van der Waals surface area contributed by atoms with Gasteiger partial charge in [-0.05, 0) is 30.0 Å². The van der Waals surface area contributed by atoms with Crippen LogP contribution in [0.25, 0.3) is 0 Å². The van der Waals surface area contributed by atoms with Gasteiger partial charge >= 0.3 is 0 Å². The maximum Gasteiger partial charge on any atom is 0.251 e. The molecule has 0 aliphatic carbocycles. The molecule has 23 heavy (non-hydrogen) atoms. The van der Waals surface area contributed by atoms with Crippen LogP contribution < -0.4 is 10.6 Å². The highest BCUT2D eigenvalue weighted by atomic mass is 16.2. The lowest BCUT2D eigenvalue weighted by Gasteiger charge is -2.37. The molecule has 1 heterocycles. The average molecular weight is 317 g/mol. The van der Waals surface area contributed by atoms with Crippen molar-refractivity contribution < 1.29 is 9.59 Å². The first kappa shape index (κ1) is 17.5. The van der Waals surface area contributed by atoms with Crippen LogP contribution in [0.15, 0.2) is 24.3 Å². The van der Waals surface area contributed by atoms with Gasteiger partial charge in [0, 0.05) is 44.7 Å². The normalized spacial score (nSPS) is 21.1. The van der Waals surface area contributed by atoms with Crippen molar-refractivity contribution in [3.63, 3.8) is 0 Å². The molecular weight excluding hydrogens is 290 g/mol. The molecule has 1 saturated heterocycles. The van der Waals surface area contributed by atoms with Gasteiger partial charge in [0.2, 0.25) is 5.91 Å². The van der Waals surface area contributed by atoms with E-state index in [1.54, 1.807) is 7.05 Å². The smallest absolute Gasteiger partial charge is 0.251 e. The first-order valence-electron chi connectivity index (χ1n) is 8.37. The van der Waals surface area contributed by atoms with Crippen LogP contribution in [-0.4, -0.2) is 42.9 Å². The molecule has 0 aromatic heterocycles. The van der Waals surface area contributed by atoms with E-state index in [1.807, 2.05) is 36.1 Å². The van der Waals surface area contributed by atoms with Crippen molar-refractivity contribution in [2.24, 2.45) is 5.92 Å². The van der Waals surface area contributed by atoms with Crippen molar-refractivity contribution in [3.05, 3.63) is 35.4 Å². The summed E-state index contributed by atoms with van der Waals surface area (Å²) < 4.78 is 0. The van der Waals surface area contributed by atoms with E-state index in [2.05, 4.69) is 17.6 Å². The van der Waals surface area contributed by atoms with Gasteiger partial charge in [0.05, 0.1) is 0 Å². The first-order valence-corrected chi connectivity index (χ1v) is 8.37. The van der Waals surface area contributed by atoms with Gasteiger partial charge in [0.1, 0.15) is 0 Å². The van der Waals surface area contributed by atoms with E-state index in [-0.39, 0.29) is 11.8 Å². The predicted octanol–water partition coefficient (Wildman–Crippen LogP) is 1.78. The molecule has 126 valence electrons. The second kappa shape index (κ2) is 8.11. The molecule has 1 aliphatic rings. The monoisotopic (exact) mass is 317 g/mol. The van der Waals surface area contributed by atoms with Crippen LogP contribution in [0.3, 0.4) is 0 Å². The van der Waals surface area contributed by atoms with Gasteiger partial charge in [-0.15, -0.1) is 0 Å². The number of rotatable bonds is 5. The molecule has 2 unspecified atom stereocenters. The van der Waals surface area contributed by atoms with E-state index in [4.69, 9.17) is 0 Å². The second-order valence-electron chi connectivity index (χ2n) is 6.22. The maximum absolute atomic E-state index is 11.8. The minimum absolute atomic E-state index is 0.0638. The third-order valence-corrected chi connectivity index (χ3v) is 4.57. The zero-order valence-electron chi connectivity index (χ0n) is 14.3. The third kappa shape index (κ3) is 4.55. The van der Waals surface area contributed by atoms with Gasteiger partial charge in [0.15, 0.2) is 0 Å². The summed E-state index contributed by atoms with van der Waals surface area (Å²) in [4.78, 5) is 25.3. The Morgan fingerprint density at radius 3 is 2.52 bits per heavy atom. The Morgan fingerprint density at radius 2 is 1.96 bits per heavy atom. The summed E-state index contributed by atoms with van der Waals surface area (Å²) in [5.74, 6) is 0.635. The Hall–Kier alpha value is -1.88. The number of piperidine rings is 1. The minimum atomic E-state index is -0.0638. The number of amides is 2. The molecule has 1 fully saturated rings. The van der Waals surface area contributed by atoms with E-state index >= 15 is 0 Å². The fourth-order valence-electron chi connectivity index (χ4n) is 3.07. The molecule has 2 rings (SSSR count). The summed E-state index contributed by atoms with van der Waals surface area (Å²) in [5.41, 5.74) is 1.84. The van der Waals surface area contributed by atoms with Crippen molar-refractivity contribution in [2.75, 3.05) is 20.1 Å². The average Bonchev–Trinajstić information content (AvgIpc) is 2.59. The summed E-state index contributed by atoms with van der Waals surface area (Å²) in [6, 6.07) is 8.09. The highest BCUT2D eigenvalue weighted by molar-refractivity contribution is 5.93.